The summed E-state index contributed by atoms with van der Waals surface area (Å²) < 4.78 is 3.68. The van der Waals surface area contributed by atoms with Gasteiger partial charge in [0.15, 0.2) is 0 Å². The molecular formula is C20H30N6O2. The van der Waals surface area contributed by atoms with Crippen molar-refractivity contribution in [2.75, 3.05) is 18.4 Å². The van der Waals surface area contributed by atoms with E-state index in [2.05, 4.69) is 15.5 Å². The molecular weight excluding hydrogens is 356 g/mol. The molecule has 1 aliphatic rings. The van der Waals surface area contributed by atoms with Crippen molar-refractivity contribution >= 4 is 17.5 Å². The van der Waals surface area contributed by atoms with Gasteiger partial charge in [-0.15, -0.1) is 0 Å². The van der Waals surface area contributed by atoms with Gasteiger partial charge in [0.1, 0.15) is 0 Å². The van der Waals surface area contributed by atoms with Crippen LogP contribution in [0.4, 0.5) is 5.69 Å². The third kappa shape index (κ3) is 4.99. The largest absolute Gasteiger partial charge is 0.343 e. The van der Waals surface area contributed by atoms with Crippen molar-refractivity contribution in [2.45, 2.75) is 59.5 Å². The summed E-state index contributed by atoms with van der Waals surface area (Å²) in [7, 11) is 0. The number of hydrogen-bond acceptors (Lipinski definition) is 4. The van der Waals surface area contributed by atoms with Crippen LogP contribution in [0.1, 0.15) is 44.0 Å². The Morgan fingerprint density at radius 3 is 2.61 bits per heavy atom. The highest BCUT2D eigenvalue weighted by Gasteiger charge is 2.24. The second kappa shape index (κ2) is 9.03. The van der Waals surface area contributed by atoms with E-state index in [1.807, 2.05) is 47.3 Å². The Morgan fingerprint density at radius 2 is 2.00 bits per heavy atom. The monoisotopic (exact) mass is 386 g/mol. The van der Waals surface area contributed by atoms with E-state index >= 15 is 0 Å². The third-order valence-electron chi connectivity index (χ3n) is 5.45. The first kappa shape index (κ1) is 20.1. The Balaban J connectivity index is 1.40. The number of nitrogens with one attached hydrogen (secondary N) is 1. The fourth-order valence-corrected chi connectivity index (χ4v) is 3.65. The molecule has 1 saturated heterocycles. The second-order valence-corrected chi connectivity index (χ2v) is 7.51. The van der Waals surface area contributed by atoms with Gasteiger partial charge in [-0.05, 0) is 45.6 Å². The quantitative estimate of drug-likeness (QED) is 0.792. The number of hydrogen-bond donors (Lipinski definition) is 1. The van der Waals surface area contributed by atoms with Gasteiger partial charge < -0.3 is 10.2 Å². The molecule has 2 aromatic heterocycles. The van der Waals surface area contributed by atoms with E-state index in [1.165, 1.54) is 0 Å². The number of carbonyl (C=O) groups excluding carboxylic acids is 2. The van der Waals surface area contributed by atoms with E-state index in [-0.39, 0.29) is 11.8 Å². The summed E-state index contributed by atoms with van der Waals surface area (Å²) >= 11 is 0. The van der Waals surface area contributed by atoms with E-state index in [1.54, 1.807) is 6.20 Å². The van der Waals surface area contributed by atoms with Crippen molar-refractivity contribution in [3.63, 3.8) is 0 Å². The molecule has 1 N–H and O–H groups in total. The van der Waals surface area contributed by atoms with Crippen molar-refractivity contribution in [3.05, 3.63) is 29.8 Å². The molecule has 0 spiro atoms. The van der Waals surface area contributed by atoms with Gasteiger partial charge in [-0.25, -0.2) is 0 Å². The Hall–Kier alpha value is -2.64. The standard InChI is InChI=1S/C20H30N6O2/c1-4-25-14-18(16(3)23-25)22-19(27)13-17-6-10-24(11-7-17)20(28)8-12-26-15(2)5-9-21-26/h5,9,14,17H,4,6-8,10-13H2,1-3H3,(H,22,27). The van der Waals surface area contributed by atoms with Gasteiger partial charge in [-0.1, -0.05) is 0 Å². The van der Waals surface area contributed by atoms with E-state index in [9.17, 15) is 9.59 Å². The van der Waals surface area contributed by atoms with Crippen LogP contribution in [0.15, 0.2) is 18.5 Å². The lowest BCUT2D eigenvalue weighted by molar-refractivity contribution is -0.133. The number of rotatable bonds is 7. The first-order valence-corrected chi connectivity index (χ1v) is 10.1. The van der Waals surface area contributed by atoms with Crippen LogP contribution in [0, 0.1) is 19.8 Å². The number of amides is 2. The lowest BCUT2D eigenvalue weighted by Crippen LogP contribution is -2.39. The molecule has 1 aliphatic heterocycles. The average Bonchev–Trinajstić information content (AvgIpc) is 3.25. The van der Waals surface area contributed by atoms with Crippen LogP contribution >= 0.6 is 0 Å². The van der Waals surface area contributed by atoms with Crippen LogP contribution < -0.4 is 5.32 Å². The number of anilines is 1. The first-order valence-electron chi connectivity index (χ1n) is 10.1. The molecule has 0 bridgehead atoms. The molecule has 3 heterocycles. The summed E-state index contributed by atoms with van der Waals surface area (Å²) in [6.45, 7) is 8.75. The highest BCUT2D eigenvalue weighted by Crippen LogP contribution is 2.22. The zero-order valence-corrected chi connectivity index (χ0v) is 17.0. The van der Waals surface area contributed by atoms with E-state index in [0.29, 0.717) is 25.3 Å². The number of carbonyl (C=O) groups is 2. The lowest BCUT2D eigenvalue weighted by Gasteiger charge is -2.32. The number of aromatic nitrogens is 4. The van der Waals surface area contributed by atoms with Crippen molar-refractivity contribution < 1.29 is 9.59 Å². The van der Waals surface area contributed by atoms with Gasteiger partial charge in [0.2, 0.25) is 11.8 Å². The van der Waals surface area contributed by atoms with Crippen LogP contribution in [-0.4, -0.2) is 49.4 Å². The highest BCUT2D eigenvalue weighted by molar-refractivity contribution is 5.91. The fraction of sp³-hybridized carbons (Fsp3) is 0.600. The molecule has 0 saturated carbocycles. The SMILES string of the molecule is CCn1cc(NC(=O)CC2CCN(C(=O)CCn3nccc3C)CC2)c(C)n1. The topological polar surface area (TPSA) is 85.0 Å². The van der Waals surface area contributed by atoms with Crippen LogP contribution in [0.25, 0.3) is 0 Å². The molecule has 0 radical (unpaired) electrons. The Morgan fingerprint density at radius 1 is 1.25 bits per heavy atom. The van der Waals surface area contributed by atoms with Crippen molar-refractivity contribution in [1.29, 1.82) is 0 Å². The van der Waals surface area contributed by atoms with E-state index < -0.39 is 0 Å². The molecule has 1 fully saturated rings. The number of piperidine rings is 1. The Labute approximate surface area is 165 Å². The van der Waals surface area contributed by atoms with Gasteiger partial charge in [-0.3, -0.25) is 19.0 Å². The highest BCUT2D eigenvalue weighted by atomic mass is 16.2. The second-order valence-electron chi connectivity index (χ2n) is 7.51. The lowest BCUT2D eigenvalue weighted by atomic mass is 9.93. The van der Waals surface area contributed by atoms with Gasteiger partial charge in [0, 0.05) is 57.1 Å². The maximum absolute atomic E-state index is 12.4. The van der Waals surface area contributed by atoms with E-state index in [4.69, 9.17) is 0 Å². The summed E-state index contributed by atoms with van der Waals surface area (Å²) in [4.78, 5) is 26.7. The summed E-state index contributed by atoms with van der Waals surface area (Å²) in [5.74, 6) is 0.511. The Kier molecular flexibility index (Phi) is 6.49. The smallest absolute Gasteiger partial charge is 0.224 e. The minimum Gasteiger partial charge on any atom is -0.343 e. The zero-order chi connectivity index (χ0) is 20.1. The Bertz CT molecular complexity index is 817. The molecule has 0 aliphatic carbocycles. The molecule has 152 valence electrons. The molecule has 8 nitrogen and oxygen atoms in total. The first-order chi connectivity index (χ1) is 13.5. The molecule has 28 heavy (non-hydrogen) atoms. The minimum atomic E-state index is 0.0256. The molecule has 3 rings (SSSR count). The number of likely N-dealkylation sites (tertiary alicyclic amines) is 1. The van der Waals surface area contributed by atoms with Gasteiger partial charge in [0.25, 0.3) is 0 Å². The van der Waals surface area contributed by atoms with Crippen molar-refractivity contribution in [2.24, 2.45) is 5.92 Å². The molecule has 2 aromatic rings. The van der Waals surface area contributed by atoms with Gasteiger partial charge >= 0.3 is 0 Å². The predicted molar refractivity (Wildman–Crippen MR) is 107 cm³/mol. The average molecular weight is 387 g/mol. The van der Waals surface area contributed by atoms with Crippen molar-refractivity contribution in [1.82, 2.24) is 24.5 Å². The zero-order valence-electron chi connectivity index (χ0n) is 17.0. The normalized spacial score (nSPS) is 15.0. The van der Waals surface area contributed by atoms with Crippen LogP contribution in [0.5, 0.6) is 0 Å². The summed E-state index contributed by atoms with van der Waals surface area (Å²) in [6, 6.07) is 1.94. The molecule has 0 aromatic carbocycles. The van der Waals surface area contributed by atoms with Crippen LogP contribution in [0.3, 0.4) is 0 Å². The van der Waals surface area contributed by atoms with Gasteiger partial charge in [-0.2, -0.15) is 10.2 Å². The van der Waals surface area contributed by atoms with Gasteiger partial charge in [0.05, 0.1) is 11.4 Å². The maximum atomic E-state index is 12.4. The fourth-order valence-electron chi connectivity index (χ4n) is 3.65. The molecule has 2 amide bonds. The molecule has 0 atom stereocenters. The minimum absolute atomic E-state index is 0.0256. The molecule has 8 heteroatoms. The third-order valence-corrected chi connectivity index (χ3v) is 5.45. The van der Waals surface area contributed by atoms with Crippen LogP contribution in [-0.2, 0) is 22.7 Å². The number of aryl methyl sites for hydroxylation is 4. The molecule has 0 unspecified atom stereocenters. The summed E-state index contributed by atoms with van der Waals surface area (Å²) in [5, 5.41) is 11.5. The maximum Gasteiger partial charge on any atom is 0.224 e. The predicted octanol–water partition coefficient (Wildman–Crippen LogP) is 2.37. The van der Waals surface area contributed by atoms with Crippen LogP contribution in [0.2, 0.25) is 0 Å². The van der Waals surface area contributed by atoms with E-state index in [0.717, 1.165) is 49.6 Å². The summed E-state index contributed by atoms with van der Waals surface area (Å²) in [6.07, 6.45) is 6.32. The van der Waals surface area contributed by atoms with Crippen molar-refractivity contribution in [3.8, 4) is 0 Å². The number of nitrogens with zero attached hydrogens (tertiary/aromatic N) is 5. The summed E-state index contributed by atoms with van der Waals surface area (Å²) in [5.41, 5.74) is 2.69.